The van der Waals surface area contributed by atoms with Crippen molar-refractivity contribution in [2.24, 2.45) is 0 Å². The van der Waals surface area contributed by atoms with Crippen molar-refractivity contribution in [3.05, 3.63) is 55.4 Å². The fourth-order valence-electron chi connectivity index (χ4n) is 1.20. The first-order valence-electron chi connectivity index (χ1n) is 4.42. The summed E-state index contributed by atoms with van der Waals surface area (Å²) in [5.74, 6) is -0.347. The van der Waals surface area contributed by atoms with E-state index in [4.69, 9.17) is 0 Å². The molecule has 0 aliphatic carbocycles. The summed E-state index contributed by atoms with van der Waals surface area (Å²) in [7, 11) is 0. The minimum atomic E-state index is -0.347. The number of benzene rings is 1. The second-order valence-corrected chi connectivity index (χ2v) is 2.87. The summed E-state index contributed by atoms with van der Waals surface area (Å²) in [6.07, 6.45) is 3.53. The zero-order valence-electron chi connectivity index (χ0n) is 8.04. The molecule has 2 heteroatoms. The molecular formula is C12H13FN. The first-order valence-corrected chi connectivity index (χ1v) is 4.42. The van der Waals surface area contributed by atoms with Crippen LogP contribution in [0.1, 0.15) is 0 Å². The monoisotopic (exact) mass is 190 g/mol. The average Bonchev–Trinajstić information content (AvgIpc) is 2.17. The van der Waals surface area contributed by atoms with Crippen molar-refractivity contribution in [1.29, 1.82) is 0 Å². The topological polar surface area (TPSA) is 3.24 Å². The predicted molar refractivity (Wildman–Crippen MR) is 57.8 cm³/mol. The Hall–Kier alpha value is -1.57. The third-order valence-electron chi connectivity index (χ3n) is 1.78. The number of anilines is 1. The number of nitrogens with zero attached hydrogens (tertiary/aromatic N) is 1. The van der Waals surface area contributed by atoms with Crippen molar-refractivity contribution in [2.75, 3.05) is 18.0 Å². The van der Waals surface area contributed by atoms with Crippen molar-refractivity contribution < 1.29 is 4.39 Å². The number of hydrogen-bond acceptors (Lipinski definition) is 1. The second kappa shape index (κ2) is 5.22. The molecule has 1 nitrogen and oxygen atoms in total. The van der Waals surface area contributed by atoms with Gasteiger partial charge in [0.2, 0.25) is 0 Å². The lowest BCUT2D eigenvalue weighted by Gasteiger charge is -2.20. The van der Waals surface area contributed by atoms with Crippen LogP contribution in [0.3, 0.4) is 0 Å². The number of halogens is 1. The van der Waals surface area contributed by atoms with Crippen molar-refractivity contribution >= 4 is 5.69 Å². The Morgan fingerprint density at radius 1 is 1.29 bits per heavy atom. The highest BCUT2D eigenvalue weighted by Gasteiger charge is 2.03. The highest BCUT2D eigenvalue weighted by molar-refractivity contribution is 5.46. The Balaban J connectivity index is 2.85. The highest BCUT2D eigenvalue weighted by Crippen LogP contribution is 2.14. The van der Waals surface area contributed by atoms with E-state index in [1.165, 1.54) is 6.07 Å². The fourth-order valence-corrected chi connectivity index (χ4v) is 1.20. The van der Waals surface area contributed by atoms with Crippen LogP contribution in [0.15, 0.2) is 43.5 Å². The van der Waals surface area contributed by atoms with Gasteiger partial charge in [0.25, 0.3) is 0 Å². The molecule has 0 saturated carbocycles. The second-order valence-electron chi connectivity index (χ2n) is 2.87. The molecule has 0 saturated heterocycles. The molecule has 0 atom stereocenters. The molecule has 0 bridgehead atoms. The molecule has 1 aromatic carbocycles. The molecule has 1 aromatic rings. The Morgan fingerprint density at radius 2 is 1.93 bits per heavy atom. The average molecular weight is 190 g/mol. The summed E-state index contributed by atoms with van der Waals surface area (Å²) < 4.78 is 12.9. The third-order valence-corrected chi connectivity index (χ3v) is 1.78. The van der Waals surface area contributed by atoms with Gasteiger partial charge in [-0.25, -0.2) is 4.39 Å². The van der Waals surface area contributed by atoms with Crippen molar-refractivity contribution in [2.45, 2.75) is 0 Å². The first-order chi connectivity index (χ1) is 6.77. The van der Waals surface area contributed by atoms with E-state index in [0.29, 0.717) is 13.1 Å². The maximum Gasteiger partial charge on any atom is 0.133 e. The summed E-state index contributed by atoms with van der Waals surface area (Å²) >= 11 is 0. The predicted octanol–water partition coefficient (Wildman–Crippen LogP) is 2.80. The van der Waals surface area contributed by atoms with Gasteiger partial charge < -0.3 is 4.90 Å². The fraction of sp³-hybridized carbons (Fsp3) is 0.167. The van der Waals surface area contributed by atoms with Crippen molar-refractivity contribution in [3.8, 4) is 0 Å². The Morgan fingerprint density at radius 3 is 2.43 bits per heavy atom. The largest absolute Gasteiger partial charge is 0.364 e. The Labute approximate surface area is 84.2 Å². The molecule has 0 spiro atoms. The normalized spacial score (nSPS) is 9.50. The van der Waals surface area contributed by atoms with Crippen LogP contribution in [0, 0.1) is 11.9 Å². The van der Waals surface area contributed by atoms with Gasteiger partial charge in [0, 0.05) is 24.8 Å². The SMILES string of the molecule is C=CCN(CC=C)c1[c]c(F)ccc1. The van der Waals surface area contributed by atoms with Gasteiger partial charge in [0.15, 0.2) is 0 Å². The smallest absolute Gasteiger partial charge is 0.133 e. The van der Waals surface area contributed by atoms with E-state index in [1.807, 2.05) is 11.0 Å². The van der Waals surface area contributed by atoms with Gasteiger partial charge in [-0.3, -0.25) is 0 Å². The summed E-state index contributed by atoms with van der Waals surface area (Å²) in [6, 6.07) is 7.50. The van der Waals surface area contributed by atoms with Crippen LogP contribution in [0.5, 0.6) is 0 Å². The molecule has 1 radical (unpaired) electrons. The lowest BCUT2D eigenvalue weighted by atomic mass is 10.2. The molecule has 0 aromatic heterocycles. The van der Waals surface area contributed by atoms with Crippen LogP contribution < -0.4 is 4.90 Å². The maximum atomic E-state index is 12.9. The standard InChI is InChI=1S/C12H13FN/c1-3-8-14(9-4-2)12-7-5-6-11(13)10-12/h3-7H,1-2,8-9H2. The minimum Gasteiger partial charge on any atom is -0.364 e. The molecule has 0 unspecified atom stereocenters. The van der Waals surface area contributed by atoms with E-state index in [9.17, 15) is 4.39 Å². The van der Waals surface area contributed by atoms with Gasteiger partial charge >= 0.3 is 0 Å². The number of rotatable bonds is 5. The Bertz CT molecular complexity index is 310. The van der Waals surface area contributed by atoms with Gasteiger partial charge in [-0.1, -0.05) is 18.2 Å². The summed E-state index contributed by atoms with van der Waals surface area (Å²) in [5.41, 5.74) is 0.727. The molecule has 0 heterocycles. The molecule has 14 heavy (non-hydrogen) atoms. The van der Waals surface area contributed by atoms with Gasteiger partial charge in [0.1, 0.15) is 5.82 Å². The van der Waals surface area contributed by atoms with Crippen molar-refractivity contribution in [3.63, 3.8) is 0 Å². The van der Waals surface area contributed by atoms with E-state index < -0.39 is 0 Å². The minimum absolute atomic E-state index is 0.347. The lowest BCUT2D eigenvalue weighted by Crippen LogP contribution is -2.23. The van der Waals surface area contributed by atoms with E-state index in [-0.39, 0.29) is 5.82 Å². The summed E-state index contributed by atoms with van der Waals surface area (Å²) in [4.78, 5) is 1.93. The molecule has 0 aliphatic rings. The third kappa shape index (κ3) is 2.73. The van der Waals surface area contributed by atoms with Crippen LogP contribution in [-0.2, 0) is 0 Å². The van der Waals surface area contributed by atoms with E-state index in [1.54, 1.807) is 18.2 Å². The zero-order chi connectivity index (χ0) is 10.4. The van der Waals surface area contributed by atoms with E-state index in [2.05, 4.69) is 19.2 Å². The summed E-state index contributed by atoms with van der Waals surface area (Å²) in [6.45, 7) is 8.61. The molecule has 0 fully saturated rings. The van der Waals surface area contributed by atoms with Gasteiger partial charge in [-0.15, -0.1) is 13.2 Å². The maximum absolute atomic E-state index is 12.9. The molecular weight excluding hydrogens is 177 g/mol. The van der Waals surface area contributed by atoms with Gasteiger partial charge in [-0.05, 0) is 12.1 Å². The zero-order valence-corrected chi connectivity index (χ0v) is 8.04. The summed E-state index contributed by atoms with van der Waals surface area (Å²) in [5, 5.41) is 0. The lowest BCUT2D eigenvalue weighted by molar-refractivity contribution is 0.625. The highest BCUT2D eigenvalue weighted by atomic mass is 19.1. The molecule has 73 valence electrons. The van der Waals surface area contributed by atoms with Gasteiger partial charge in [0.05, 0.1) is 0 Å². The van der Waals surface area contributed by atoms with Crippen molar-refractivity contribution in [1.82, 2.24) is 0 Å². The molecule has 0 N–H and O–H groups in total. The van der Waals surface area contributed by atoms with Crippen LogP contribution in [0.2, 0.25) is 0 Å². The molecule has 1 rings (SSSR count). The van der Waals surface area contributed by atoms with Crippen LogP contribution in [-0.4, -0.2) is 13.1 Å². The van der Waals surface area contributed by atoms with E-state index in [0.717, 1.165) is 5.69 Å². The number of hydrogen-bond donors (Lipinski definition) is 0. The first kappa shape index (κ1) is 10.5. The molecule has 0 amide bonds. The van der Waals surface area contributed by atoms with Crippen LogP contribution in [0.4, 0.5) is 10.1 Å². The van der Waals surface area contributed by atoms with E-state index >= 15 is 0 Å². The van der Waals surface area contributed by atoms with Crippen LogP contribution in [0.25, 0.3) is 0 Å². The quantitative estimate of drug-likeness (QED) is 0.645. The molecule has 0 aliphatic heterocycles. The van der Waals surface area contributed by atoms with Crippen LogP contribution >= 0.6 is 0 Å². The van der Waals surface area contributed by atoms with Gasteiger partial charge in [-0.2, -0.15) is 0 Å². The Kier molecular flexibility index (Phi) is 3.92.